The topological polar surface area (TPSA) is 50.8 Å². The number of morpholine rings is 1. The first-order valence-electron chi connectivity index (χ1n) is 9.19. The van der Waals surface area contributed by atoms with Crippen molar-refractivity contribution in [1.29, 1.82) is 0 Å². The summed E-state index contributed by atoms with van der Waals surface area (Å²) in [5.41, 5.74) is 3.51. The van der Waals surface area contributed by atoms with E-state index in [1.807, 2.05) is 30.3 Å². The van der Waals surface area contributed by atoms with E-state index in [1.165, 1.54) is 5.56 Å². The molecule has 2 aromatic rings. The summed E-state index contributed by atoms with van der Waals surface area (Å²) in [5.74, 6) is 0.766. The summed E-state index contributed by atoms with van der Waals surface area (Å²) in [7, 11) is 0. The molecule has 1 fully saturated rings. The lowest BCUT2D eigenvalue weighted by molar-refractivity contribution is -0.127. The molecule has 5 nitrogen and oxygen atoms in total. The Balaban J connectivity index is 1.35. The minimum absolute atomic E-state index is 0.0534. The number of benzene rings is 2. The van der Waals surface area contributed by atoms with E-state index in [4.69, 9.17) is 9.47 Å². The van der Waals surface area contributed by atoms with Crippen LogP contribution in [0.25, 0.3) is 0 Å². The molecule has 0 spiro atoms. The monoisotopic (exact) mass is 352 g/mol. The van der Waals surface area contributed by atoms with Gasteiger partial charge in [-0.1, -0.05) is 42.5 Å². The van der Waals surface area contributed by atoms with Gasteiger partial charge in [-0.05, 0) is 22.8 Å². The third-order valence-corrected chi connectivity index (χ3v) is 5.01. The van der Waals surface area contributed by atoms with E-state index in [-0.39, 0.29) is 5.91 Å². The normalized spacial score (nSPS) is 19.6. The van der Waals surface area contributed by atoms with Gasteiger partial charge in [0.1, 0.15) is 5.75 Å². The van der Waals surface area contributed by atoms with Crippen LogP contribution in [0.3, 0.4) is 0 Å². The molecule has 26 heavy (non-hydrogen) atoms. The molecular weight excluding hydrogens is 328 g/mol. The molecule has 4 rings (SSSR count). The average Bonchev–Trinajstić information content (AvgIpc) is 3.12. The lowest BCUT2D eigenvalue weighted by atomic mass is 10.1. The Morgan fingerprint density at radius 2 is 1.77 bits per heavy atom. The Bertz CT molecular complexity index is 746. The molecule has 5 heteroatoms. The van der Waals surface area contributed by atoms with Crippen molar-refractivity contribution in [1.82, 2.24) is 10.2 Å². The quantitative estimate of drug-likeness (QED) is 0.896. The Morgan fingerprint density at radius 1 is 1.04 bits per heavy atom. The second-order valence-electron chi connectivity index (χ2n) is 6.79. The fourth-order valence-corrected chi connectivity index (χ4v) is 3.51. The highest BCUT2D eigenvalue weighted by atomic mass is 16.5. The fraction of sp³-hybridized carbons (Fsp3) is 0.381. The first-order chi connectivity index (χ1) is 12.8. The van der Waals surface area contributed by atoms with E-state index in [0.29, 0.717) is 13.0 Å². The molecule has 1 saturated heterocycles. The lowest BCUT2D eigenvalue weighted by Crippen LogP contribution is -2.38. The molecule has 1 N–H and O–H groups in total. The van der Waals surface area contributed by atoms with E-state index in [2.05, 4.69) is 28.4 Å². The van der Waals surface area contributed by atoms with Crippen molar-refractivity contribution < 1.29 is 14.3 Å². The van der Waals surface area contributed by atoms with Gasteiger partial charge in [-0.2, -0.15) is 0 Å². The zero-order chi connectivity index (χ0) is 17.8. The fourth-order valence-electron chi connectivity index (χ4n) is 3.51. The highest BCUT2D eigenvalue weighted by Gasteiger charge is 2.28. The van der Waals surface area contributed by atoms with Crippen LogP contribution in [-0.2, 0) is 29.0 Å². The van der Waals surface area contributed by atoms with E-state index >= 15 is 0 Å². The summed E-state index contributed by atoms with van der Waals surface area (Å²) in [4.78, 5) is 14.9. The maximum atomic E-state index is 12.5. The standard InChI is InChI=1S/C21H24N2O3/c24-21(20-13-16-5-3-4-8-19(16)26-20)22-14-17-6-1-2-7-18(17)15-23-9-11-25-12-10-23/h1-8,20H,9-15H2,(H,22,24). The van der Waals surface area contributed by atoms with Crippen molar-refractivity contribution in [3.05, 3.63) is 65.2 Å². The predicted octanol–water partition coefficient (Wildman–Crippen LogP) is 2.14. The summed E-state index contributed by atoms with van der Waals surface area (Å²) in [6.45, 7) is 4.90. The lowest BCUT2D eigenvalue weighted by Gasteiger charge is -2.27. The van der Waals surface area contributed by atoms with Crippen LogP contribution >= 0.6 is 0 Å². The van der Waals surface area contributed by atoms with Crippen molar-refractivity contribution in [2.45, 2.75) is 25.6 Å². The van der Waals surface area contributed by atoms with Gasteiger partial charge in [-0.3, -0.25) is 9.69 Å². The van der Waals surface area contributed by atoms with E-state index in [0.717, 1.165) is 49.7 Å². The summed E-state index contributed by atoms with van der Waals surface area (Å²) in [6, 6.07) is 16.1. The summed E-state index contributed by atoms with van der Waals surface area (Å²) >= 11 is 0. The van der Waals surface area contributed by atoms with Crippen molar-refractivity contribution >= 4 is 5.91 Å². The Morgan fingerprint density at radius 3 is 2.58 bits per heavy atom. The first-order valence-corrected chi connectivity index (χ1v) is 9.19. The van der Waals surface area contributed by atoms with E-state index in [9.17, 15) is 4.79 Å². The van der Waals surface area contributed by atoms with Gasteiger partial charge in [0.2, 0.25) is 0 Å². The molecule has 0 aliphatic carbocycles. The number of amides is 1. The van der Waals surface area contributed by atoms with Gasteiger partial charge < -0.3 is 14.8 Å². The molecule has 1 unspecified atom stereocenters. The largest absolute Gasteiger partial charge is 0.480 e. The molecule has 0 saturated carbocycles. The number of carbonyl (C=O) groups is 1. The number of para-hydroxylation sites is 1. The van der Waals surface area contributed by atoms with Crippen LogP contribution in [-0.4, -0.2) is 43.2 Å². The number of nitrogens with one attached hydrogen (secondary N) is 1. The van der Waals surface area contributed by atoms with Gasteiger partial charge in [0.05, 0.1) is 13.2 Å². The van der Waals surface area contributed by atoms with Crippen molar-refractivity contribution in [3.8, 4) is 5.75 Å². The van der Waals surface area contributed by atoms with Gasteiger partial charge in [0.25, 0.3) is 5.91 Å². The first kappa shape index (κ1) is 17.1. The number of hydrogen-bond acceptors (Lipinski definition) is 4. The summed E-state index contributed by atoms with van der Waals surface area (Å²) < 4.78 is 11.2. The number of nitrogens with zero attached hydrogens (tertiary/aromatic N) is 1. The second-order valence-corrected chi connectivity index (χ2v) is 6.79. The maximum absolute atomic E-state index is 12.5. The van der Waals surface area contributed by atoms with Crippen molar-refractivity contribution in [2.24, 2.45) is 0 Å². The molecule has 2 heterocycles. The average molecular weight is 352 g/mol. The SMILES string of the molecule is O=C(NCc1ccccc1CN1CCOCC1)C1Cc2ccccc2O1. The maximum Gasteiger partial charge on any atom is 0.261 e. The van der Waals surface area contributed by atoms with Gasteiger partial charge in [-0.15, -0.1) is 0 Å². The highest BCUT2D eigenvalue weighted by Crippen LogP contribution is 2.28. The zero-order valence-electron chi connectivity index (χ0n) is 14.8. The number of carbonyl (C=O) groups excluding carboxylic acids is 1. The summed E-state index contributed by atoms with van der Waals surface area (Å²) in [6.07, 6.45) is 0.205. The minimum atomic E-state index is -0.432. The van der Waals surface area contributed by atoms with Gasteiger partial charge in [-0.25, -0.2) is 0 Å². The van der Waals surface area contributed by atoms with Crippen molar-refractivity contribution in [2.75, 3.05) is 26.3 Å². The Kier molecular flexibility index (Phi) is 5.18. The number of rotatable bonds is 5. The van der Waals surface area contributed by atoms with Crippen molar-refractivity contribution in [3.63, 3.8) is 0 Å². The second kappa shape index (κ2) is 7.89. The zero-order valence-corrected chi connectivity index (χ0v) is 14.8. The molecule has 2 aliphatic heterocycles. The van der Waals surface area contributed by atoms with Crippen LogP contribution in [0.2, 0.25) is 0 Å². The molecular formula is C21H24N2O3. The summed E-state index contributed by atoms with van der Waals surface area (Å²) in [5, 5.41) is 3.05. The number of fused-ring (bicyclic) bond motifs is 1. The third-order valence-electron chi connectivity index (χ3n) is 5.01. The van der Waals surface area contributed by atoms with Gasteiger partial charge >= 0.3 is 0 Å². The molecule has 2 aromatic carbocycles. The highest BCUT2D eigenvalue weighted by molar-refractivity contribution is 5.82. The number of ether oxygens (including phenoxy) is 2. The van der Waals surface area contributed by atoms with Crippen LogP contribution in [0.1, 0.15) is 16.7 Å². The molecule has 0 radical (unpaired) electrons. The van der Waals surface area contributed by atoms with Gasteiger partial charge in [0.15, 0.2) is 6.10 Å². The van der Waals surface area contributed by atoms with Crippen LogP contribution in [0.15, 0.2) is 48.5 Å². The molecule has 0 aromatic heterocycles. The van der Waals surface area contributed by atoms with Crippen LogP contribution in [0, 0.1) is 0 Å². The molecule has 1 atom stereocenters. The van der Waals surface area contributed by atoms with E-state index < -0.39 is 6.10 Å². The van der Waals surface area contributed by atoms with Crippen LogP contribution in [0.5, 0.6) is 5.75 Å². The van der Waals surface area contributed by atoms with E-state index in [1.54, 1.807) is 0 Å². The molecule has 2 aliphatic rings. The van der Waals surface area contributed by atoms with Crippen LogP contribution in [0.4, 0.5) is 0 Å². The smallest absolute Gasteiger partial charge is 0.261 e. The predicted molar refractivity (Wildman–Crippen MR) is 98.9 cm³/mol. The molecule has 136 valence electrons. The molecule has 1 amide bonds. The third kappa shape index (κ3) is 3.89. The number of hydrogen-bond donors (Lipinski definition) is 1. The Hall–Kier alpha value is -2.37. The minimum Gasteiger partial charge on any atom is -0.480 e. The molecule has 0 bridgehead atoms. The Labute approximate surface area is 153 Å². The van der Waals surface area contributed by atoms with Gasteiger partial charge in [0, 0.05) is 32.6 Å². The van der Waals surface area contributed by atoms with Crippen LogP contribution < -0.4 is 10.1 Å².